The van der Waals surface area contributed by atoms with Gasteiger partial charge in [0.25, 0.3) is 0 Å². The molecular formula is C23H31N. The van der Waals surface area contributed by atoms with Crippen LogP contribution in [-0.2, 0) is 0 Å². The molecule has 0 radical (unpaired) electrons. The Morgan fingerprint density at radius 1 is 0.792 bits per heavy atom. The number of allylic oxidation sites excluding steroid dienone is 4. The summed E-state index contributed by atoms with van der Waals surface area (Å²) in [5, 5.41) is 0. The molecule has 0 fully saturated rings. The van der Waals surface area contributed by atoms with E-state index >= 15 is 0 Å². The topological polar surface area (TPSA) is 3.24 Å². The van der Waals surface area contributed by atoms with Gasteiger partial charge in [0.1, 0.15) is 0 Å². The molecule has 0 atom stereocenters. The highest BCUT2D eigenvalue weighted by Gasteiger charge is 2.10. The largest absolute Gasteiger partial charge is 0.311 e. The van der Waals surface area contributed by atoms with E-state index < -0.39 is 0 Å². The zero-order chi connectivity index (χ0) is 18.2. The van der Waals surface area contributed by atoms with Crippen molar-refractivity contribution < 1.29 is 0 Å². The highest BCUT2D eigenvalue weighted by Crippen LogP contribution is 2.29. The SMILES string of the molecule is C/C=C\C(=C/C)N(c1ccccc1)c1ccccc1.C=CC.CC. The summed E-state index contributed by atoms with van der Waals surface area (Å²) in [4.78, 5) is 2.25. The average Bonchev–Trinajstić information content (AvgIpc) is 2.65. The Morgan fingerprint density at radius 3 is 1.46 bits per heavy atom. The van der Waals surface area contributed by atoms with Gasteiger partial charge in [-0.25, -0.2) is 0 Å². The molecule has 1 heteroatoms. The first-order valence-electron chi connectivity index (χ1n) is 8.54. The van der Waals surface area contributed by atoms with Gasteiger partial charge in [-0.05, 0) is 51.1 Å². The Hall–Kier alpha value is -2.54. The van der Waals surface area contributed by atoms with Crippen molar-refractivity contribution in [3.63, 3.8) is 0 Å². The highest BCUT2D eigenvalue weighted by atomic mass is 15.1. The number of para-hydroxylation sites is 2. The van der Waals surface area contributed by atoms with Gasteiger partial charge in [-0.15, -0.1) is 6.58 Å². The molecule has 2 rings (SSSR count). The summed E-state index contributed by atoms with van der Waals surface area (Å²) in [7, 11) is 0. The molecule has 2 aromatic carbocycles. The molecule has 0 saturated heterocycles. The van der Waals surface area contributed by atoms with Crippen molar-refractivity contribution in [2.24, 2.45) is 0 Å². The van der Waals surface area contributed by atoms with Crippen LogP contribution in [0.5, 0.6) is 0 Å². The molecule has 2 aromatic rings. The van der Waals surface area contributed by atoms with Gasteiger partial charge in [-0.3, -0.25) is 0 Å². The fraction of sp³-hybridized carbons (Fsp3) is 0.217. The zero-order valence-corrected chi connectivity index (χ0v) is 15.7. The van der Waals surface area contributed by atoms with Gasteiger partial charge >= 0.3 is 0 Å². The minimum atomic E-state index is 1.17. The molecule has 0 aliphatic rings. The third kappa shape index (κ3) is 7.15. The quantitative estimate of drug-likeness (QED) is 0.415. The molecule has 0 aliphatic heterocycles. The lowest BCUT2D eigenvalue weighted by atomic mass is 10.2. The van der Waals surface area contributed by atoms with Gasteiger partial charge in [0.2, 0.25) is 0 Å². The molecule has 0 aromatic heterocycles. The lowest BCUT2D eigenvalue weighted by molar-refractivity contribution is 1.20. The second kappa shape index (κ2) is 14.1. The maximum absolute atomic E-state index is 3.36. The summed E-state index contributed by atoms with van der Waals surface area (Å²) >= 11 is 0. The van der Waals surface area contributed by atoms with E-state index in [4.69, 9.17) is 0 Å². The van der Waals surface area contributed by atoms with Crippen molar-refractivity contribution in [2.75, 3.05) is 4.90 Å². The minimum absolute atomic E-state index is 1.17. The molecular weight excluding hydrogens is 290 g/mol. The Labute approximate surface area is 148 Å². The molecule has 0 unspecified atom stereocenters. The molecule has 0 aliphatic carbocycles. The normalized spacial score (nSPS) is 10.1. The standard InChI is InChI=1S/C18H19N.C3H6.C2H6/c1-3-11-16(4-2)19(17-12-7-5-8-13-17)18-14-9-6-10-15-18;1-3-2;1-2/h3-15H,1-2H3;3H,1H2,2H3;1-2H3/b11-3-,16-4+;;. The van der Waals surface area contributed by atoms with Gasteiger partial charge in [0.15, 0.2) is 0 Å². The average molecular weight is 322 g/mol. The first-order chi connectivity index (χ1) is 11.8. The zero-order valence-electron chi connectivity index (χ0n) is 15.7. The molecule has 0 heterocycles. The van der Waals surface area contributed by atoms with Crippen LogP contribution < -0.4 is 4.90 Å². The van der Waals surface area contributed by atoms with Crippen LogP contribution >= 0.6 is 0 Å². The van der Waals surface area contributed by atoms with E-state index in [2.05, 4.69) is 85.2 Å². The summed E-state index contributed by atoms with van der Waals surface area (Å²) < 4.78 is 0. The second-order valence-electron chi connectivity index (χ2n) is 4.63. The Balaban J connectivity index is 0.000000952. The summed E-state index contributed by atoms with van der Waals surface area (Å²) in [5.41, 5.74) is 3.50. The van der Waals surface area contributed by atoms with E-state index in [0.29, 0.717) is 0 Å². The van der Waals surface area contributed by atoms with Crippen LogP contribution in [0.1, 0.15) is 34.6 Å². The van der Waals surface area contributed by atoms with Gasteiger partial charge in [0, 0.05) is 17.1 Å². The third-order valence-corrected chi connectivity index (χ3v) is 2.92. The fourth-order valence-corrected chi connectivity index (χ4v) is 2.07. The van der Waals surface area contributed by atoms with Crippen LogP contribution in [0.3, 0.4) is 0 Å². The van der Waals surface area contributed by atoms with Crippen LogP contribution in [0.25, 0.3) is 0 Å². The fourth-order valence-electron chi connectivity index (χ4n) is 2.07. The number of hydrogen-bond donors (Lipinski definition) is 0. The van der Waals surface area contributed by atoms with Crippen LogP contribution in [0, 0.1) is 0 Å². The maximum atomic E-state index is 3.36. The van der Waals surface area contributed by atoms with Gasteiger partial charge < -0.3 is 4.90 Å². The Kier molecular flexibility index (Phi) is 12.6. The molecule has 0 N–H and O–H groups in total. The van der Waals surface area contributed by atoms with Crippen LogP contribution in [0.4, 0.5) is 11.4 Å². The number of rotatable bonds is 4. The van der Waals surface area contributed by atoms with Crippen LogP contribution in [0.2, 0.25) is 0 Å². The van der Waals surface area contributed by atoms with Crippen molar-refractivity contribution >= 4 is 11.4 Å². The van der Waals surface area contributed by atoms with Crippen molar-refractivity contribution in [1.29, 1.82) is 0 Å². The first kappa shape index (κ1) is 21.5. The van der Waals surface area contributed by atoms with Crippen molar-refractivity contribution in [1.82, 2.24) is 0 Å². The maximum Gasteiger partial charge on any atom is 0.0461 e. The Bertz CT molecular complexity index is 555. The summed E-state index contributed by atoms with van der Waals surface area (Å²) in [6.45, 7) is 13.4. The second-order valence-corrected chi connectivity index (χ2v) is 4.63. The van der Waals surface area contributed by atoms with E-state index in [1.807, 2.05) is 39.8 Å². The Morgan fingerprint density at radius 2 is 1.17 bits per heavy atom. The van der Waals surface area contributed by atoms with Crippen LogP contribution in [0.15, 0.2) is 97.2 Å². The summed E-state index contributed by atoms with van der Waals surface area (Å²) in [5.74, 6) is 0. The van der Waals surface area contributed by atoms with E-state index in [9.17, 15) is 0 Å². The van der Waals surface area contributed by atoms with Crippen molar-refractivity contribution in [2.45, 2.75) is 34.6 Å². The summed E-state index contributed by atoms with van der Waals surface area (Å²) in [6.07, 6.45) is 8.06. The predicted octanol–water partition coefficient (Wildman–Crippen LogP) is 7.52. The lowest BCUT2D eigenvalue weighted by Gasteiger charge is -2.26. The van der Waals surface area contributed by atoms with Crippen molar-refractivity contribution in [3.8, 4) is 0 Å². The van der Waals surface area contributed by atoms with E-state index in [1.54, 1.807) is 6.08 Å². The van der Waals surface area contributed by atoms with E-state index in [0.717, 1.165) is 0 Å². The first-order valence-corrected chi connectivity index (χ1v) is 8.54. The van der Waals surface area contributed by atoms with Crippen molar-refractivity contribution in [3.05, 3.63) is 97.2 Å². The lowest BCUT2D eigenvalue weighted by Crippen LogP contribution is -2.14. The number of benzene rings is 2. The minimum Gasteiger partial charge on any atom is -0.311 e. The molecule has 0 saturated carbocycles. The third-order valence-electron chi connectivity index (χ3n) is 2.92. The smallest absolute Gasteiger partial charge is 0.0461 e. The van der Waals surface area contributed by atoms with Crippen LogP contribution in [-0.4, -0.2) is 0 Å². The molecule has 0 spiro atoms. The molecule has 0 amide bonds. The van der Waals surface area contributed by atoms with E-state index in [-0.39, 0.29) is 0 Å². The number of hydrogen-bond acceptors (Lipinski definition) is 1. The highest BCUT2D eigenvalue weighted by molar-refractivity contribution is 5.69. The van der Waals surface area contributed by atoms with E-state index in [1.165, 1.54) is 17.1 Å². The number of nitrogens with zero attached hydrogens (tertiary/aromatic N) is 1. The molecule has 24 heavy (non-hydrogen) atoms. The molecule has 128 valence electrons. The monoisotopic (exact) mass is 321 g/mol. The van der Waals surface area contributed by atoms with Gasteiger partial charge in [0.05, 0.1) is 0 Å². The van der Waals surface area contributed by atoms with Gasteiger partial charge in [-0.1, -0.05) is 68.5 Å². The summed E-state index contributed by atoms with van der Waals surface area (Å²) in [6, 6.07) is 20.8. The molecule has 0 bridgehead atoms. The molecule has 1 nitrogen and oxygen atoms in total. The number of anilines is 2. The van der Waals surface area contributed by atoms with Gasteiger partial charge in [-0.2, -0.15) is 0 Å². The predicted molar refractivity (Wildman–Crippen MR) is 111 cm³/mol.